The van der Waals surface area contributed by atoms with Gasteiger partial charge >= 0.3 is 0 Å². The lowest BCUT2D eigenvalue weighted by Gasteiger charge is -2.32. The molecule has 1 aliphatic rings. The fourth-order valence-corrected chi connectivity index (χ4v) is 4.92. The highest BCUT2D eigenvalue weighted by Gasteiger charge is 2.21. The topological polar surface area (TPSA) is 104 Å². The largest absolute Gasteiger partial charge is 0.397 e. The zero-order valence-electron chi connectivity index (χ0n) is 16.7. The minimum absolute atomic E-state index is 0.0574. The molecule has 0 radical (unpaired) electrons. The lowest BCUT2D eigenvalue weighted by atomic mass is 10.1. The van der Waals surface area contributed by atoms with Crippen LogP contribution in [0.1, 0.15) is 27.8 Å². The van der Waals surface area contributed by atoms with Gasteiger partial charge in [0.15, 0.2) is 0 Å². The van der Waals surface area contributed by atoms with E-state index in [9.17, 15) is 4.79 Å². The van der Waals surface area contributed by atoms with E-state index in [4.69, 9.17) is 11.5 Å². The van der Waals surface area contributed by atoms with Crippen LogP contribution in [0.15, 0.2) is 39.3 Å². The Hall–Kier alpha value is -1.94. The predicted molar refractivity (Wildman–Crippen MR) is 126 cm³/mol. The number of nitrogen functional groups attached to an aromatic ring is 1. The minimum Gasteiger partial charge on any atom is -0.397 e. The normalized spacial score (nSPS) is 16.2. The number of amides is 1. The summed E-state index contributed by atoms with van der Waals surface area (Å²) in [7, 11) is 2.07. The number of carbonyl (C=O) groups is 1. The number of fused-ring (bicyclic) bond motifs is 1. The number of aromatic nitrogens is 2. The summed E-state index contributed by atoms with van der Waals surface area (Å²) in [6, 6.07) is 9.21. The molecular weight excluding hydrogens is 512 g/mol. The van der Waals surface area contributed by atoms with Gasteiger partial charge in [0.1, 0.15) is 5.82 Å². The number of benzene rings is 2. The molecule has 0 aliphatic carbocycles. The van der Waals surface area contributed by atoms with Gasteiger partial charge in [-0.25, -0.2) is 4.98 Å². The first-order valence-electron chi connectivity index (χ1n) is 9.78. The molecule has 1 fully saturated rings. The van der Waals surface area contributed by atoms with E-state index in [0.29, 0.717) is 23.5 Å². The Morgan fingerprint density at radius 3 is 2.50 bits per heavy atom. The van der Waals surface area contributed by atoms with Crippen molar-refractivity contribution in [2.24, 2.45) is 5.73 Å². The monoisotopic (exact) mass is 534 g/mol. The maximum absolute atomic E-state index is 12.9. The summed E-state index contributed by atoms with van der Waals surface area (Å²) in [6.45, 7) is 3.29. The molecule has 1 amide bonds. The average Bonchev–Trinajstić information content (AvgIpc) is 3.15. The Morgan fingerprint density at radius 1 is 1.17 bits per heavy atom. The number of hydrogen-bond acceptors (Lipinski definition) is 5. The van der Waals surface area contributed by atoms with Gasteiger partial charge < -0.3 is 26.3 Å². The van der Waals surface area contributed by atoms with Crippen molar-refractivity contribution in [3.05, 3.63) is 56.2 Å². The van der Waals surface area contributed by atoms with Crippen LogP contribution >= 0.6 is 31.9 Å². The van der Waals surface area contributed by atoms with E-state index in [0.717, 1.165) is 51.7 Å². The van der Waals surface area contributed by atoms with Crippen molar-refractivity contribution in [2.45, 2.75) is 12.5 Å². The number of piperazine rings is 1. The van der Waals surface area contributed by atoms with E-state index < -0.39 is 0 Å². The number of rotatable bonds is 4. The molecule has 0 bridgehead atoms. The number of nitrogens with zero attached hydrogens (tertiary/aromatic N) is 3. The fraction of sp³-hybridized carbons (Fsp3) is 0.333. The van der Waals surface area contributed by atoms with Gasteiger partial charge in [0.2, 0.25) is 0 Å². The number of anilines is 1. The first-order valence-corrected chi connectivity index (χ1v) is 11.4. The lowest BCUT2D eigenvalue weighted by molar-refractivity contribution is 0.0664. The van der Waals surface area contributed by atoms with Crippen molar-refractivity contribution in [2.75, 3.05) is 39.0 Å². The number of likely N-dealkylation sites (N-methyl/N-ethyl adjacent to an activating group) is 1. The summed E-state index contributed by atoms with van der Waals surface area (Å²) in [5.74, 6) is 0.750. The summed E-state index contributed by atoms with van der Waals surface area (Å²) < 4.78 is 1.66. The summed E-state index contributed by atoms with van der Waals surface area (Å²) in [6.07, 6.45) is 0.602. The first-order chi connectivity index (χ1) is 14.3. The molecule has 1 aliphatic heterocycles. The van der Waals surface area contributed by atoms with Crippen molar-refractivity contribution in [3.8, 4) is 0 Å². The number of hydrogen-bond donors (Lipinski definition) is 3. The second-order valence-corrected chi connectivity index (χ2v) is 9.44. The molecule has 158 valence electrons. The van der Waals surface area contributed by atoms with Gasteiger partial charge in [-0.3, -0.25) is 4.79 Å². The second-order valence-electron chi connectivity index (χ2n) is 7.73. The molecule has 2 aromatic carbocycles. The standard InChI is InChI=1S/C21H24Br2N6O/c1-28-4-6-29(7-5-28)21(30)13-2-3-17-18(11-13)27-20(26-17)16(24)10-12-8-14(22)19(25)15(23)9-12/h2-3,8-9,11,16H,4-7,10,24-25H2,1H3,(H,26,27)/t16-/m1/s1. The molecule has 0 unspecified atom stereocenters. The Balaban J connectivity index is 1.52. The molecule has 1 aromatic heterocycles. The van der Waals surface area contributed by atoms with E-state index in [-0.39, 0.29) is 11.9 Å². The van der Waals surface area contributed by atoms with E-state index in [2.05, 4.69) is 53.8 Å². The van der Waals surface area contributed by atoms with Gasteiger partial charge in [-0.05, 0) is 81.2 Å². The number of nitrogens with two attached hydrogens (primary N) is 2. The van der Waals surface area contributed by atoms with Crippen LogP contribution in [-0.4, -0.2) is 58.9 Å². The van der Waals surface area contributed by atoms with Crippen molar-refractivity contribution in [3.63, 3.8) is 0 Å². The summed E-state index contributed by atoms with van der Waals surface area (Å²) in [4.78, 5) is 24.9. The third-order valence-corrected chi connectivity index (χ3v) is 6.80. The van der Waals surface area contributed by atoms with Crippen molar-refractivity contribution in [1.29, 1.82) is 0 Å². The number of aromatic amines is 1. The third-order valence-electron chi connectivity index (χ3n) is 5.48. The smallest absolute Gasteiger partial charge is 0.254 e. The molecule has 30 heavy (non-hydrogen) atoms. The van der Waals surface area contributed by atoms with Gasteiger partial charge in [-0.1, -0.05) is 0 Å². The highest BCUT2D eigenvalue weighted by Crippen LogP contribution is 2.31. The highest BCUT2D eigenvalue weighted by atomic mass is 79.9. The Kier molecular flexibility index (Phi) is 6.15. The summed E-state index contributed by atoms with van der Waals surface area (Å²) in [5.41, 5.74) is 16.4. The van der Waals surface area contributed by atoms with Crippen LogP contribution < -0.4 is 11.5 Å². The van der Waals surface area contributed by atoms with Crippen molar-refractivity contribution in [1.82, 2.24) is 19.8 Å². The van der Waals surface area contributed by atoms with Crippen LogP contribution in [0.3, 0.4) is 0 Å². The molecule has 2 heterocycles. The van der Waals surface area contributed by atoms with Gasteiger partial charge in [-0.2, -0.15) is 0 Å². The summed E-state index contributed by atoms with van der Waals surface area (Å²) >= 11 is 6.94. The predicted octanol–water partition coefficient (Wildman–Crippen LogP) is 3.30. The molecular formula is C21H24Br2N6O. The lowest BCUT2D eigenvalue weighted by Crippen LogP contribution is -2.47. The molecule has 4 rings (SSSR count). The third kappa shape index (κ3) is 4.39. The van der Waals surface area contributed by atoms with E-state index in [1.54, 1.807) is 0 Å². The maximum atomic E-state index is 12.9. The van der Waals surface area contributed by atoms with Crippen LogP contribution in [0.4, 0.5) is 5.69 Å². The van der Waals surface area contributed by atoms with Gasteiger partial charge in [0, 0.05) is 40.7 Å². The number of carbonyl (C=O) groups excluding carboxylic acids is 1. The average molecular weight is 536 g/mol. The highest BCUT2D eigenvalue weighted by molar-refractivity contribution is 9.11. The van der Waals surface area contributed by atoms with Gasteiger partial charge in [0.25, 0.3) is 5.91 Å². The Morgan fingerprint density at radius 2 is 1.83 bits per heavy atom. The number of nitrogens with one attached hydrogen (secondary N) is 1. The van der Waals surface area contributed by atoms with Crippen molar-refractivity contribution < 1.29 is 4.79 Å². The fourth-order valence-electron chi connectivity index (χ4n) is 3.64. The molecule has 9 heteroatoms. The van der Waals surface area contributed by atoms with Gasteiger partial charge in [-0.15, -0.1) is 0 Å². The quantitative estimate of drug-likeness (QED) is 0.445. The summed E-state index contributed by atoms with van der Waals surface area (Å²) in [5, 5.41) is 0. The molecule has 0 saturated carbocycles. The molecule has 3 aromatic rings. The van der Waals surface area contributed by atoms with Crippen LogP contribution in [0.2, 0.25) is 0 Å². The van der Waals surface area contributed by atoms with Crippen LogP contribution in [-0.2, 0) is 6.42 Å². The molecule has 5 N–H and O–H groups in total. The maximum Gasteiger partial charge on any atom is 0.254 e. The number of imidazole rings is 1. The molecule has 1 atom stereocenters. The van der Waals surface area contributed by atoms with E-state index in [1.807, 2.05) is 35.2 Å². The SMILES string of the molecule is CN1CCN(C(=O)c2ccc3nc([C@H](N)Cc4cc(Br)c(N)c(Br)c4)[nH]c3c2)CC1. The number of halogens is 2. The Labute approximate surface area is 192 Å². The molecule has 1 saturated heterocycles. The Bertz CT molecular complexity index is 1070. The van der Waals surface area contributed by atoms with Crippen LogP contribution in [0, 0.1) is 0 Å². The van der Waals surface area contributed by atoms with E-state index >= 15 is 0 Å². The molecule has 0 spiro atoms. The van der Waals surface area contributed by atoms with Crippen molar-refractivity contribution >= 4 is 54.5 Å². The van der Waals surface area contributed by atoms with Crippen LogP contribution in [0.5, 0.6) is 0 Å². The van der Waals surface area contributed by atoms with Crippen LogP contribution in [0.25, 0.3) is 11.0 Å². The number of H-pyrrole nitrogens is 1. The first kappa shape index (κ1) is 21.3. The zero-order valence-corrected chi connectivity index (χ0v) is 19.8. The van der Waals surface area contributed by atoms with Gasteiger partial charge in [0.05, 0.1) is 22.8 Å². The van der Waals surface area contributed by atoms with E-state index in [1.165, 1.54) is 0 Å². The minimum atomic E-state index is -0.309. The molecule has 7 nitrogen and oxygen atoms in total. The second kappa shape index (κ2) is 8.66. The zero-order chi connectivity index (χ0) is 21.4.